The number of carbonyl (C=O) groups excluding carboxylic acids is 1. The second-order valence-electron chi connectivity index (χ2n) is 4.31. The van der Waals surface area contributed by atoms with Crippen molar-refractivity contribution in [1.29, 1.82) is 0 Å². The standard InChI is InChI=1S/C12H13F3INO2/c1-7(2)17(6-12(13,14)15)11(19)8-3-4-9(16)10(18)5-8/h3-5,7,18H,6H2,1-2H3. The zero-order valence-electron chi connectivity index (χ0n) is 10.3. The molecule has 106 valence electrons. The third-order valence-corrected chi connectivity index (χ3v) is 3.34. The number of aromatic hydroxyl groups is 1. The molecule has 1 aromatic carbocycles. The van der Waals surface area contributed by atoms with Gasteiger partial charge in [0, 0.05) is 11.6 Å². The van der Waals surface area contributed by atoms with E-state index >= 15 is 0 Å². The Hall–Kier alpha value is -0.990. The zero-order chi connectivity index (χ0) is 14.8. The van der Waals surface area contributed by atoms with Gasteiger partial charge in [0.15, 0.2) is 0 Å². The Morgan fingerprint density at radius 2 is 2.00 bits per heavy atom. The Labute approximate surface area is 122 Å². The molecule has 0 saturated carbocycles. The number of alkyl halides is 3. The van der Waals surface area contributed by atoms with Gasteiger partial charge in [-0.3, -0.25) is 4.79 Å². The van der Waals surface area contributed by atoms with Gasteiger partial charge in [0.05, 0.1) is 3.57 Å². The van der Waals surface area contributed by atoms with Crippen molar-refractivity contribution in [2.75, 3.05) is 6.54 Å². The maximum Gasteiger partial charge on any atom is 0.406 e. The topological polar surface area (TPSA) is 40.5 Å². The average molecular weight is 387 g/mol. The number of phenols is 1. The van der Waals surface area contributed by atoms with E-state index < -0.39 is 24.7 Å². The number of hydrogen-bond acceptors (Lipinski definition) is 2. The third-order valence-electron chi connectivity index (χ3n) is 2.43. The Kier molecular flexibility index (Phi) is 5.05. The van der Waals surface area contributed by atoms with Crippen molar-refractivity contribution >= 4 is 28.5 Å². The van der Waals surface area contributed by atoms with E-state index in [2.05, 4.69) is 0 Å². The molecule has 1 aromatic rings. The maximum absolute atomic E-state index is 12.4. The van der Waals surface area contributed by atoms with Gasteiger partial charge in [-0.25, -0.2) is 0 Å². The number of halogens is 4. The summed E-state index contributed by atoms with van der Waals surface area (Å²) in [6.45, 7) is 1.71. The molecule has 19 heavy (non-hydrogen) atoms. The van der Waals surface area contributed by atoms with Gasteiger partial charge in [0.25, 0.3) is 5.91 Å². The largest absolute Gasteiger partial charge is 0.507 e. The number of phenolic OH excluding ortho intramolecular Hbond substituents is 1. The van der Waals surface area contributed by atoms with E-state index in [1.807, 2.05) is 22.6 Å². The molecule has 0 aliphatic carbocycles. The second-order valence-corrected chi connectivity index (χ2v) is 5.47. The summed E-state index contributed by atoms with van der Waals surface area (Å²) in [7, 11) is 0. The summed E-state index contributed by atoms with van der Waals surface area (Å²) >= 11 is 1.86. The van der Waals surface area contributed by atoms with E-state index in [1.165, 1.54) is 32.0 Å². The van der Waals surface area contributed by atoms with Crippen LogP contribution in [0.2, 0.25) is 0 Å². The zero-order valence-corrected chi connectivity index (χ0v) is 12.5. The minimum Gasteiger partial charge on any atom is -0.507 e. The number of carbonyl (C=O) groups is 1. The summed E-state index contributed by atoms with van der Waals surface area (Å²) in [6.07, 6.45) is -4.45. The van der Waals surface area contributed by atoms with Crippen molar-refractivity contribution in [1.82, 2.24) is 4.90 Å². The molecule has 0 aromatic heterocycles. The van der Waals surface area contributed by atoms with E-state index in [1.54, 1.807) is 0 Å². The lowest BCUT2D eigenvalue weighted by Gasteiger charge is -2.27. The monoisotopic (exact) mass is 387 g/mol. The molecule has 0 aliphatic heterocycles. The van der Waals surface area contributed by atoms with E-state index in [-0.39, 0.29) is 11.3 Å². The lowest BCUT2D eigenvalue weighted by Crippen LogP contribution is -2.43. The van der Waals surface area contributed by atoms with Gasteiger partial charge in [-0.05, 0) is 54.6 Å². The number of rotatable bonds is 3. The van der Waals surface area contributed by atoms with Gasteiger partial charge in [0.1, 0.15) is 12.3 Å². The highest BCUT2D eigenvalue weighted by Crippen LogP contribution is 2.24. The first-order valence-corrected chi connectivity index (χ1v) is 6.56. The first-order chi connectivity index (χ1) is 8.61. The predicted octanol–water partition coefficient (Wildman–Crippen LogP) is 3.41. The summed E-state index contributed by atoms with van der Waals surface area (Å²) in [4.78, 5) is 12.8. The van der Waals surface area contributed by atoms with Crippen LogP contribution in [0.5, 0.6) is 5.75 Å². The van der Waals surface area contributed by atoms with Crippen LogP contribution in [0.25, 0.3) is 0 Å². The first-order valence-electron chi connectivity index (χ1n) is 5.48. The molecule has 0 heterocycles. The number of benzene rings is 1. The third kappa shape index (κ3) is 4.55. The molecule has 0 atom stereocenters. The SMILES string of the molecule is CC(C)N(CC(F)(F)F)C(=O)c1ccc(I)c(O)c1. The normalized spacial score (nSPS) is 11.7. The highest BCUT2D eigenvalue weighted by Gasteiger charge is 2.34. The first kappa shape index (κ1) is 16.1. The minimum absolute atomic E-state index is 0.0378. The van der Waals surface area contributed by atoms with E-state index in [9.17, 15) is 23.1 Å². The molecule has 0 unspecified atom stereocenters. The van der Waals surface area contributed by atoms with Gasteiger partial charge in [0.2, 0.25) is 0 Å². The molecular weight excluding hydrogens is 374 g/mol. The summed E-state index contributed by atoms with van der Waals surface area (Å²) in [5, 5.41) is 9.50. The van der Waals surface area contributed by atoms with Crippen LogP contribution >= 0.6 is 22.6 Å². The van der Waals surface area contributed by atoms with Crippen molar-refractivity contribution in [2.24, 2.45) is 0 Å². The number of nitrogens with zero attached hydrogens (tertiary/aromatic N) is 1. The summed E-state index contributed by atoms with van der Waals surface area (Å²) in [5.74, 6) is -0.874. The van der Waals surface area contributed by atoms with Crippen molar-refractivity contribution in [3.05, 3.63) is 27.3 Å². The van der Waals surface area contributed by atoms with E-state index in [0.717, 1.165) is 4.90 Å². The smallest absolute Gasteiger partial charge is 0.406 e. The quantitative estimate of drug-likeness (QED) is 0.808. The number of amides is 1. The van der Waals surface area contributed by atoms with Crippen molar-refractivity contribution in [2.45, 2.75) is 26.1 Å². The van der Waals surface area contributed by atoms with Crippen LogP contribution in [0, 0.1) is 3.57 Å². The van der Waals surface area contributed by atoms with Crippen LogP contribution in [-0.4, -0.2) is 34.7 Å². The van der Waals surface area contributed by atoms with Crippen LogP contribution < -0.4 is 0 Å². The van der Waals surface area contributed by atoms with Crippen LogP contribution in [-0.2, 0) is 0 Å². The van der Waals surface area contributed by atoms with Gasteiger partial charge in [-0.1, -0.05) is 0 Å². The van der Waals surface area contributed by atoms with Crippen LogP contribution in [0.15, 0.2) is 18.2 Å². The predicted molar refractivity (Wildman–Crippen MR) is 73.1 cm³/mol. The fraction of sp³-hybridized carbons (Fsp3) is 0.417. The van der Waals surface area contributed by atoms with Crippen LogP contribution in [0.1, 0.15) is 24.2 Å². The lowest BCUT2D eigenvalue weighted by atomic mass is 10.1. The van der Waals surface area contributed by atoms with Crippen LogP contribution in [0.3, 0.4) is 0 Å². The molecule has 0 fully saturated rings. The fourth-order valence-corrected chi connectivity index (χ4v) is 1.83. The maximum atomic E-state index is 12.4. The molecule has 0 bridgehead atoms. The van der Waals surface area contributed by atoms with Gasteiger partial charge >= 0.3 is 6.18 Å². The van der Waals surface area contributed by atoms with Gasteiger partial charge in [-0.15, -0.1) is 0 Å². The molecule has 1 rings (SSSR count). The van der Waals surface area contributed by atoms with Crippen molar-refractivity contribution < 1.29 is 23.1 Å². The molecule has 0 radical (unpaired) electrons. The number of hydrogen-bond donors (Lipinski definition) is 1. The van der Waals surface area contributed by atoms with Gasteiger partial charge in [-0.2, -0.15) is 13.2 Å². The molecule has 3 nitrogen and oxygen atoms in total. The van der Waals surface area contributed by atoms with Crippen molar-refractivity contribution in [3.63, 3.8) is 0 Å². The molecule has 1 N–H and O–H groups in total. The Bertz CT molecular complexity index is 475. The molecular formula is C12H13F3INO2. The van der Waals surface area contributed by atoms with E-state index in [0.29, 0.717) is 3.57 Å². The highest BCUT2D eigenvalue weighted by molar-refractivity contribution is 14.1. The summed E-state index contributed by atoms with van der Waals surface area (Å²) < 4.78 is 37.9. The van der Waals surface area contributed by atoms with Gasteiger partial charge < -0.3 is 10.0 Å². The minimum atomic E-state index is -4.45. The Morgan fingerprint density at radius 3 is 2.42 bits per heavy atom. The second kappa shape index (κ2) is 5.98. The summed E-state index contributed by atoms with van der Waals surface area (Å²) in [5.41, 5.74) is 0.0378. The molecule has 0 spiro atoms. The van der Waals surface area contributed by atoms with E-state index in [4.69, 9.17) is 0 Å². The fourth-order valence-electron chi connectivity index (χ4n) is 1.49. The molecule has 0 saturated heterocycles. The lowest BCUT2D eigenvalue weighted by molar-refractivity contribution is -0.143. The van der Waals surface area contributed by atoms with Crippen molar-refractivity contribution in [3.8, 4) is 5.75 Å². The average Bonchev–Trinajstić information content (AvgIpc) is 2.27. The molecule has 0 aliphatic rings. The Balaban J connectivity index is 3.02. The Morgan fingerprint density at radius 1 is 1.42 bits per heavy atom. The van der Waals surface area contributed by atoms with Crippen LogP contribution in [0.4, 0.5) is 13.2 Å². The molecule has 1 amide bonds. The molecule has 7 heteroatoms. The summed E-state index contributed by atoms with van der Waals surface area (Å²) in [6, 6.07) is 3.47. The highest BCUT2D eigenvalue weighted by atomic mass is 127.